The molecule has 2 amide bonds. The van der Waals surface area contributed by atoms with Crippen LogP contribution in [0.4, 0.5) is 4.79 Å². The largest absolute Gasteiger partial charge is 0.497 e. The third-order valence-corrected chi connectivity index (χ3v) is 11.0. The topological polar surface area (TPSA) is 117 Å². The van der Waals surface area contributed by atoms with Gasteiger partial charge in [0.25, 0.3) is 5.91 Å². The molecule has 3 aliphatic rings. The molecule has 276 valence electrons. The van der Waals surface area contributed by atoms with E-state index in [-0.39, 0.29) is 25.0 Å². The molecule has 3 aromatic rings. The highest BCUT2D eigenvalue weighted by atomic mass is 32.2. The second-order valence-electron chi connectivity index (χ2n) is 14.6. The molecular weight excluding hydrogens is 701 g/mol. The molecule has 6 rings (SSSR count). The van der Waals surface area contributed by atoms with Gasteiger partial charge < -0.3 is 28.7 Å². The van der Waals surface area contributed by atoms with Crippen molar-refractivity contribution in [2.24, 2.45) is 11.8 Å². The van der Waals surface area contributed by atoms with E-state index in [0.717, 1.165) is 29.5 Å². The molecule has 10 nitrogen and oxygen atoms in total. The zero-order valence-electron chi connectivity index (χ0n) is 30.3. The van der Waals surface area contributed by atoms with Gasteiger partial charge in [0.15, 0.2) is 0 Å². The maximum absolute atomic E-state index is 13.8. The van der Waals surface area contributed by atoms with E-state index in [9.17, 15) is 14.4 Å². The maximum Gasteiger partial charge on any atom is 0.408 e. The van der Waals surface area contributed by atoms with Crippen molar-refractivity contribution < 1.29 is 37.7 Å². The van der Waals surface area contributed by atoms with Gasteiger partial charge in [0.2, 0.25) is 0 Å². The molecule has 2 saturated carbocycles. The number of rotatable bonds is 13. The number of aryl methyl sites for hydroxylation is 1. The third-order valence-electron chi connectivity index (χ3n) is 9.69. The Hall–Kier alpha value is -4.29. The number of ether oxygens (including phenoxy) is 4. The summed E-state index contributed by atoms with van der Waals surface area (Å²) in [6.45, 7) is 5.38. The predicted octanol–water partition coefficient (Wildman–Crippen LogP) is 7.97. The quantitative estimate of drug-likeness (QED) is 0.0799. The monoisotopic (exact) mass is 746 g/mol. The number of furan rings is 1. The van der Waals surface area contributed by atoms with Crippen LogP contribution < -0.4 is 14.8 Å². The van der Waals surface area contributed by atoms with E-state index in [2.05, 4.69) is 5.32 Å². The standard InChI is InChI=1S/C40H46N2O8S2/c1-40(2,3)50-38(45)41-31(17-24-10-7-6-8-11-24)37(44)48-15-9-12-27-21-33(28-19-29(46-4)22-30(20-28)47-5)49-34(27)23-35-36(43)42(39(51)52-35)32-18-25-13-14-26(32)16-25/h6-8,10-11,19-23,25-26,31-32H,9,12-18H2,1-5H3,(H,41,45)/b35-23-/t25?,26?,31-,32?/m0/s1. The highest BCUT2D eigenvalue weighted by molar-refractivity contribution is 8.26. The van der Waals surface area contributed by atoms with Crippen LogP contribution in [0.2, 0.25) is 0 Å². The minimum absolute atomic E-state index is 0.0737. The molecule has 2 aromatic carbocycles. The summed E-state index contributed by atoms with van der Waals surface area (Å²) in [7, 11) is 3.18. The summed E-state index contributed by atoms with van der Waals surface area (Å²) in [6.07, 6.45) is 6.86. The maximum atomic E-state index is 13.8. The average molecular weight is 747 g/mol. The molecule has 0 radical (unpaired) electrons. The smallest absolute Gasteiger partial charge is 0.408 e. The first-order valence-corrected chi connectivity index (χ1v) is 19.0. The number of fused-ring (bicyclic) bond motifs is 2. The van der Waals surface area contributed by atoms with Gasteiger partial charge in [-0.2, -0.15) is 0 Å². The van der Waals surface area contributed by atoms with Gasteiger partial charge in [-0.15, -0.1) is 0 Å². The Labute approximate surface area is 314 Å². The number of thiocarbonyl (C=S) groups is 1. The lowest BCUT2D eigenvalue weighted by atomic mass is 9.94. The van der Waals surface area contributed by atoms with Gasteiger partial charge in [-0.3, -0.25) is 9.69 Å². The van der Waals surface area contributed by atoms with E-state index in [1.165, 1.54) is 24.6 Å². The predicted molar refractivity (Wildman–Crippen MR) is 204 cm³/mol. The fraction of sp³-hybridized carbons (Fsp3) is 0.450. The second kappa shape index (κ2) is 16.2. The van der Waals surface area contributed by atoms with E-state index in [0.29, 0.717) is 56.9 Å². The van der Waals surface area contributed by atoms with Gasteiger partial charge in [-0.05, 0) is 94.0 Å². The highest BCUT2D eigenvalue weighted by Crippen LogP contribution is 2.49. The average Bonchev–Trinajstić information content (AvgIpc) is 3.90. The lowest BCUT2D eigenvalue weighted by molar-refractivity contribution is -0.146. The lowest BCUT2D eigenvalue weighted by Gasteiger charge is -2.30. The molecule has 4 atom stereocenters. The molecule has 0 spiro atoms. The van der Waals surface area contributed by atoms with Crippen LogP contribution in [0.15, 0.2) is 63.9 Å². The number of benzene rings is 2. The summed E-state index contributed by atoms with van der Waals surface area (Å²) in [6, 6.07) is 16.1. The molecule has 12 heteroatoms. The van der Waals surface area contributed by atoms with Crippen molar-refractivity contribution in [3.05, 3.63) is 76.4 Å². The molecule has 2 heterocycles. The van der Waals surface area contributed by atoms with Crippen molar-refractivity contribution in [3.8, 4) is 22.8 Å². The van der Waals surface area contributed by atoms with Gasteiger partial charge in [0, 0.05) is 30.2 Å². The van der Waals surface area contributed by atoms with Crippen LogP contribution >= 0.6 is 24.0 Å². The normalized spacial score (nSPS) is 21.1. The Morgan fingerprint density at radius 3 is 2.42 bits per heavy atom. The third kappa shape index (κ3) is 9.01. The van der Waals surface area contributed by atoms with Crippen LogP contribution in [0.3, 0.4) is 0 Å². The van der Waals surface area contributed by atoms with E-state index < -0.39 is 23.7 Å². The van der Waals surface area contributed by atoms with E-state index in [4.69, 9.17) is 35.6 Å². The summed E-state index contributed by atoms with van der Waals surface area (Å²) >= 11 is 7.06. The number of carbonyl (C=O) groups excluding carboxylic acids is 3. The number of alkyl carbamates (subject to hydrolysis) is 1. The fourth-order valence-electron chi connectivity index (χ4n) is 7.29. The summed E-state index contributed by atoms with van der Waals surface area (Å²) < 4.78 is 29.1. The summed E-state index contributed by atoms with van der Waals surface area (Å²) in [5.74, 6) is 2.88. The fourth-order valence-corrected chi connectivity index (χ4v) is 8.64. The molecule has 1 aromatic heterocycles. The van der Waals surface area contributed by atoms with Crippen molar-refractivity contribution in [1.82, 2.24) is 10.2 Å². The minimum atomic E-state index is -0.937. The van der Waals surface area contributed by atoms with Crippen molar-refractivity contribution in [3.63, 3.8) is 0 Å². The number of hydrogen-bond acceptors (Lipinski definition) is 10. The van der Waals surface area contributed by atoms with Crippen LogP contribution in [0, 0.1) is 11.8 Å². The summed E-state index contributed by atoms with van der Waals surface area (Å²) in [5.41, 5.74) is 1.73. The first-order valence-electron chi connectivity index (χ1n) is 17.7. The lowest BCUT2D eigenvalue weighted by Crippen LogP contribution is -2.45. The number of esters is 1. The molecule has 1 aliphatic heterocycles. The van der Waals surface area contributed by atoms with Gasteiger partial charge in [-0.1, -0.05) is 60.7 Å². The van der Waals surface area contributed by atoms with Gasteiger partial charge in [0.1, 0.15) is 39.0 Å². The molecule has 2 aliphatic carbocycles. The first-order chi connectivity index (χ1) is 24.9. The molecule has 3 unspecified atom stereocenters. The van der Waals surface area contributed by atoms with Crippen molar-refractivity contribution in [1.29, 1.82) is 0 Å². The van der Waals surface area contributed by atoms with Crippen molar-refractivity contribution >= 4 is 52.3 Å². The molecular formula is C40H46N2O8S2. The number of nitrogens with zero attached hydrogens (tertiary/aromatic N) is 1. The second-order valence-corrected chi connectivity index (χ2v) is 16.2. The Morgan fingerprint density at radius 2 is 1.79 bits per heavy atom. The van der Waals surface area contributed by atoms with Crippen molar-refractivity contribution in [2.45, 2.75) is 83.4 Å². The van der Waals surface area contributed by atoms with Crippen LogP contribution in [0.25, 0.3) is 17.4 Å². The number of hydrogen-bond donors (Lipinski definition) is 1. The summed E-state index contributed by atoms with van der Waals surface area (Å²) in [5, 5.41) is 2.68. The van der Waals surface area contributed by atoms with E-state index in [1.54, 1.807) is 47.1 Å². The Kier molecular flexibility index (Phi) is 11.6. The SMILES string of the molecule is COc1cc(OC)cc(-c2cc(CCCOC(=O)[C@H](Cc3ccccc3)NC(=O)OC(C)(C)C)c(/C=C3\SC(=S)N(C4CC5CCC4C5)C3=O)o2)c1. The van der Waals surface area contributed by atoms with Gasteiger partial charge in [0.05, 0.1) is 25.7 Å². The van der Waals surface area contributed by atoms with E-state index in [1.807, 2.05) is 53.4 Å². The van der Waals surface area contributed by atoms with Crippen LogP contribution in [-0.2, 0) is 31.9 Å². The number of nitrogens with one attached hydrogen (secondary N) is 1. The zero-order valence-corrected chi connectivity index (χ0v) is 31.9. The van der Waals surface area contributed by atoms with Gasteiger partial charge in [-0.25, -0.2) is 9.59 Å². The molecule has 2 bridgehead atoms. The van der Waals surface area contributed by atoms with Crippen molar-refractivity contribution in [2.75, 3.05) is 20.8 Å². The number of carbonyl (C=O) groups is 3. The summed E-state index contributed by atoms with van der Waals surface area (Å²) in [4.78, 5) is 42.1. The van der Waals surface area contributed by atoms with E-state index >= 15 is 0 Å². The molecule has 3 fully saturated rings. The molecule has 52 heavy (non-hydrogen) atoms. The number of amides is 2. The van der Waals surface area contributed by atoms with Crippen LogP contribution in [0.5, 0.6) is 11.5 Å². The Bertz CT molecular complexity index is 1810. The van der Waals surface area contributed by atoms with Gasteiger partial charge >= 0.3 is 12.1 Å². The number of thioether (sulfide) groups is 1. The minimum Gasteiger partial charge on any atom is -0.497 e. The Balaban J connectivity index is 1.19. The highest BCUT2D eigenvalue weighted by Gasteiger charge is 2.48. The van der Waals surface area contributed by atoms with Crippen LogP contribution in [0.1, 0.15) is 69.8 Å². The number of methoxy groups -OCH3 is 2. The Morgan fingerprint density at radius 1 is 1.06 bits per heavy atom. The first kappa shape index (κ1) is 37.5. The zero-order chi connectivity index (χ0) is 37.0. The molecule has 1 saturated heterocycles. The van der Waals surface area contributed by atoms with Crippen LogP contribution in [-0.4, -0.2) is 65.7 Å². The molecule has 1 N–H and O–H groups in total.